The van der Waals surface area contributed by atoms with E-state index in [9.17, 15) is 4.79 Å². The van der Waals surface area contributed by atoms with Crippen LogP contribution in [0.2, 0.25) is 0 Å². The van der Waals surface area contributed by atoms with Gasteiger partial charge >= 0.3 is 0 Å². The number of nitrogens with zero attached hydrogens (tertiary/aromatic N) is 1. The summed E-state index contributed by atoms with van der Waals surface area (Å²) < 4.78 is 2.35. The number of para-hydroxylation sites is 1. The molecule has 0 bridgehead atoms. The topological polar surface area (TPSA) is 50.2 Å². The van der Waals surface area contributed by atoms with Gasteiger partial charge in [0.2, 0.25) is 0 Å². The van der Waals surface area contributed by atoms with E-state index in [1.807, 2.05) is 18.2 Å². The number of thioether (sulfide) groups is 1. The number of Topliss-reactive ketones (excluding diaryl/α,β-unsaturated/α-hetero) is 1. The summed E-state index contributed by atoms with van der Waals surface area (Å²) >= 11 is 3.52. The fourth-order valence-electron chi connectivity index (χ4n) is 1.75. The van der Waals surface area contributed by atoms with Crippen molar-refractivity contribution in [2.45, 2.75) is 30.0 Å². The normalized spacial score (nSPS) is 11.0. The molecule has 0 unspecified atom stereocenters. The molecule has 2 rings (SSSR count). The first kappa shape index (κ1) is 14.5. The molecule has 3 nitrogen and oxygen atoms in total. The van der Waals surface area contributed by atoms with Crippen molar-refractivity contribution in [3.8, 4) is 0 Å². The van der Waals surface area contributed by atoms with Gasteiger partial charge < -0.3 is 5.11 Å². The highest BCUT2D eigenvalue weighted by atomic mass is 32.2. The van der Waals surface area contributed by atoms with Gasteiger partial charge in [-0.25, -0.2) is 4.98 Å². The van der Waals surface area contributed by atoms with Crippen molar-refractivity contribution in [2.75, 3.05) is 12.4 Å². The largest absolute Gasteiger partial charge is 0.389 e. The second-order valence-electron chi connectivity index (χ2n) is 4.30. The Bertz CT molecular complexity index is 506. The number of aliphatic hydroxyl groups excluding tert-OH is 1. The highest BCUT2D eigenvalue weighted by Gasteiger charge is 2.03. The molecule has 0 atom stereocenters. The van der Waals surface area contributed by atoms with E-state index in [0.29, 0.717) is 6.42 Å². The molecule has 0 saturated heterocycles. The third kappa shape index (κ3) is 4.60. The summed E-state index contributed by atoms with van der Waals surface area (Å²) in [5.41, 5.74) is 1.07. The van der Waals surface area contributed by atoms with E-state index in [4.69, 9.17) is 5.11 Å². The first-order valence-corrected chi connectivity index (χ1v) is 8.21. The summed E-state index contributed by atoms with van der Waals surface area (Å²) in [5, 5.41) is 8.59. The predicted octanol–water partition coefficient (Wildman–Crippen LogP) is 3.51. The van der Waals surface area contributed by atoms with Gasteiger partial charge in [-0.2, -0.15) is 0 Å². The lowest BCUT2D eigenvalue weighted by Crippen LogP contribution is -2.02. The van der Waals surface area contributed by atoms with Crippen LogP contribution in [0.15, 0.2) is 28.6 Å². The standard InChI is InChI=1S/C14H17NO2S2/c16-10-11(17)6-2-1-5-9-18-14-15-12-7-3-4-8-13(12)19-14/h3-4,7-8,16H,1-2,5-6,9-10H2. The Morgan fingerprint density at radius 2 is 2.11 bits per heavy atom. The first-order valence-electron chi connectivity index (χ1n) is 6.40. The van der Waals surface area contributed by atoms with Crippen LogP contribution in [0.25, 0.3) is 10.2 Å². The molecule has 0 aliphatic heterocycles. The molecule has 0 saturated carbocycles. The van der Waals surface area contributed by atoms with Crippen molar-refractivity contribution in [3.63, 3.8) is 0 Å². The van der Waals surface area contributed by atoms with E-state index in [1.165, 1.54) is 4.70 Å². The smallest absolute Gasteiger partial charge is 0.158 e. The van der Waals surface area contributed by atoms with E-state index in [-0.39, 0.29) is 12.4 Å². The number of rotatable bonds is 8. The van der Waals surface area contributed by atoms with E-state index in [0.717, 1.165) is 34.9 Å². The molecule has 102 valence electrons. The average molecular weight is 295 g/mol. The van der Waals surface area contributed by atoms with Gasteiger partial charge in [0.1, 0.15) is 6.61 Å². The zero-order valence-electron chi connectivity index (χ0n) is 10.7. The Morgan fingerprint density at radius 1 is 1.26 bits per heavy atom. The third-order valence-corrected chi connectivity index (χ3v) is 5.04. The van der Waals surface area contributed by atoms with E-state index in [2.05, 4.69) is 11.1 Å². The molecule has 0 radical (unpaired) electrons. The Kier molecular flexibility index (Phi) is 5.82. The molecule has 1 N–H and O–H groups in total. The van der Waals surface area contributed by atoms with Gasteiger partial charge in [-0.3, -0.25) is 4.79 Å². The quantitative estimate of drug-likeness (QED) is 0.598. The summed E-state index contributed by atoms with van der Waals surface area (Å²) in [7, 11) is 0. The maximum Gasteiger partial charge on any atom is 0.158 e. The van der Waals surface area contributed by atoms with Crippen molar-refractivity contribution >= 4 is 39.1 Å². The Hall–Kier alpha value is -0.910. The number of unbranched alkanes of at least 4 members (excludes halogenated alkanes) is 2. The Morgan fingerprint density at radius 3 is 2.89 bits per heavy atom. The molecule has 2 aromatic rings. The number of thiazole rings is 1. The van der Waals surface area contributed by atoms with Gasteiger partial charge in [0.25, 0.3) is 0 Å². The first-order chi connectivity index (χ1) is 9.29. The maximum absolute atomic E-state index is 10.9. The number of fused-ring (bicyclic) bond motifs is 1. The molecule has 0 fully saturated rings. The van der Waals surface area contributed by atoms with Crippen LogP contribution in [0.5, 0.6) is 0 Å². The van der Waals surface area contributed by atoms with Crippen molar-refractivity contribution < 1.29 is 9.90 Å². The molecule has 1 aromatic carbocycles. The minimum atomic E-state index is -0.319. The number of hydrogen-bond donors (Lipinski definition) is 1. The van der Waals surface area contributed by atoms with Crippen molar-refractivity contribution in [1.29, 1.82) is 0 Å². The highest BCUT2D eigenvalue weighted by molar-refractivity contribution is 8.01. The number of carbonyl (C=O) groups is 1. The van der Waals surface area contributed by atoms with Gasteiger partial charge in [-0.05, 0) is 25.0 Å². The van der Waals surface area contributed by atoms with Crippen LogP contribution in [0.1, 0.15) is 25.7 Å². The second-order valence-corrected chi connectivity index (χ2v) is 6.68. The molecule has 5 heteroatoms. The number of benzene rings is 1. The SMILES string of the molecule is O=C(CO)CCCCCSc1nc2ccccc2s1. The zero-order valence-corrected chi connectivity index (χ0v) is 12.3. The molecule has 0 amide bonds. The van der Waals surface area contributed by atoms with Crippen molar-refractivity contribution in [1.82, 2.24) is 4.98 Å². The zero-order chi connectivity index (χ0) is 13.5. The Balaban J connectivity index is 1.67. The third-order valence-electron chi connectivity index (χ3n) is 2.78. The van der Waals surface area contributed by atoms with E-state index >= 15 is 0 Å². The van der Waals surface area contributed by atoms with Crippen LogP contribution in [0, 0.1) is 0 Å². The summed E-state index contributed by atoms with van der Waals surface area (Å²) in [4.78, 5) is 15.5. The average Bonchev–Trinajstić information content (AvgIpc) is 2.84. The minimum Gasteiger partial charge on any atom is -0.389 e. The molecule has 1 heterocycles. The van der Waals surface area contributed by atoms with Gasteiger partial charge in [-0.15, -0.1) is 11.3 Å². The van der Waals surface area contributed by atoms with Crippen LogP contribution in [-0.4, -0.2) is 28.2 Å². The molecule has 19 heavy (non-hydrogen) atoms. The molecular formula is C14H17NO2S2. The molecular weight excluding hydrogens is 278 g/mol. The fourth-order valence-corrected chi connectivity index (χ4v) is 3.89. The minimum absolute atomic E-state index is 0.0566. The molecule has 1 aromatic heterocycles. The summed E-state index contributed by atoms with van der Waals surface area (Å²) in [6.45, 7) is -0.319. The van der Waals surface area contributed by atoms with Crippen LogP contribution < -0.4 is 0 Å². The summed E-state index contributed by atoms with van der Waals surface area (Å²) in [6.07, 6.45) is 3.49. The van der Waals surface area contributed by atoms with Crippen molar-refractivity contribution in [3.05, 3.63) is 24.3 Å². The number of ketones is 1. The summed E-state index contributed by atoms with van der Waals surface area (Å²) in [5.74, 6) is 0.978. The van der Waals surface area contributed by atoms with Gasteiger partial charge in [-0.1, -0.05) is 30.3 Å². The lowest BCUT2D eigenvalue weighted by Gasteiger charge is -1.98. The van der Waals surface area contributed by atoms with E-state index in [1.54, 1.807) is 23.1 Å². The second kappa shape index (κ2) is 7.62. The molecule has 0 aliphatic rings. The maximum atomic E-state index is 10.9. The van der Waals surface area contributed by atoms with Crippen LogP contribution in [0.3, 0.4) is 0 Å². The Labute approximate surface area is 121 Å². The van der Waals surface area contributed by atoms with Crippen molar-refractivity contribution in [2.24, 2.45) is 0 Å². The monoisotopic (exact) mass is 295 g/mol. The highest BCUT2D eigenvalue weighted by Crippen LogP contribution is 2.29. The fraction of sp³-hybridized carbons (Fsp3) is 0.429. The number of aromatic nitrogens is 1. The lowest BCUT2D eigenvalue weighted by molar-refractivity contribution is -0.121. The van der Waals surface area contributed by atoms with Gasteiger partial charge in [0.15, 0.2) is 10.1 Å². The van der Waals surface area contributed by atoms with Crippen LogP contribution in [-0.2, 0) is 4.79 Å². The van der Waals surface area contributed by atoms with Crippen LogP contribution in [0.4, 0.5) is 0 Å². The van der Waals surface area contributed by atoms with Crippen LogP contribution >= 0.6 is 23.1 Å². The molecule has 0 spiro atoms. The summed E-state index contributed by atoms with van der Waals surface area (Å²) in [6, 6.07) is 8.18. The number of carbonyl (C=O) groups excluding carboxylic acids is 1. The van der Waals surface area contributed by atoms with Gasteiger partial charge in [0, 0.05) is 12.2 Å². The number of aliphatic hydroxyl groups is 1. The molecule has 0 aliphatic carbocycles. The number of hydrogen-bond acceptors (Lipinski definition) is 5. The lowest BCUT2D eigenvalue weighted by atomic mass is 10.1. The van der Waals surface area contributed by atoms with E-state index < -0.39 is 0 Å². The van der Waals surface area contributed by atoms with Gasteiger partial charge in [0.05, 0.1) is 10.2 Å². The predicted molar refractivity (Wildman–Crippen MR) is 80.9 cm³/mol.